The van der Waals surface area contributed by atoms with Crippen LogP contribution in [-0.4, -0.2) is 27.2 Å². The van der Waals surface area contributed by atoms with Crippen LogP contribution >= 0.6 is 34.8 Å². The lowest BCUT2D eigenvalue weighted by Gasteiger charge is -2.06. The van der Waals surface area contributed by atoms with Crippen molar-refractivity contribution >= 4 is 52.8 Å². The first kappa shape index (κ1) is 20.4. The molecule has 1 aromatic heterocycles. The van der Waals surface area contributed by atoms with Crippen LogP contribution in [0.15, 0.2) is 48.7 Å². The highest BCUT2D eigenvalue weighted by Crippen LogP contribution is 2.30. The highest BCUT2D eigenvalue weighted by Gasteiger charge is 2.32. The SMILES string of the molecule is O=C(NCCC=Cc1c[nH]c(C(=O)C(Cl)(Cl)Cl)c1)OCc1ccccc1. The largest absolute Gasteiger partial charge is 0.445 e. The number of Topliss-reactive ketones (excluding diaryl/α,β-unsaturated/α-hetero) is 1. The van der Waals surface area contributed by atoms with E-state index < -0.39 is 15.7 Å². The molecule has 0 saturated carbocycles. The van der Waals surface area contributed by atoms with Crippen molar-refractivity contribution in [2.24, 2.45) is 0 Å². The maximum absolute atomic E-state index is 11.8. The minimum Gasteiger partial charge on any atom is -0.445 e. The van der Waals surface area contributed by atoms with Crippen molar-refractivity contribution in [2.45, 2.75) is 16.8 Å². The minimum atomic E-state index is -1.99. The molecule has 0 atom stereocenters. The number of alkyl carbamates (subject to hydrolysis) is 1. The van der Waals surface area contributed by atoms with E-state index in [9.17, 15) is 9.59 Å². The second kappa shape index (κ2) is 9.67. The molecule has 0 fully saturated rings. The van der Waals surface area contributed by atoms with Crippen LogP contribution in [0.4, 0.5) is 4.79 Å². The van der Waals surface area contributed by atoms with Gasteiger partial charge in [-0.1, -0.05) is 77.3 Å². The van der Waals surface area contributed by atoms with Gasteiger partial charge in [0.2, 0.25) is 5.78 Å². The number of ketones is 1. The van der Waals surface area contributed by atoms with Crippen molar-refractivity contribution in [3.8, 4) is 0 Å². The Morgan fingerprint density at radius 2 is 1.92 bits per heavy atom. The van der Waals surface area contributed by atoms with Crippen molar-refractivity contribution < 1.29 is 14.3 Å². The number of ether oxygens (including phenoxy) is 1. The summed E-state index contributed by atoms with van der Waals surface area (Å²) in [7, 11) is 0. The second-order valence-corrected chi connectivity index (χ2v) is 7.63. The van der Waals surface area contributed by atoms with E-state index in [1.807, 2.05) is 36.4 Å². The van der Waals surface area contributed by atoms with Crippen LogP contribution in [-0.2, 0) is 11.3 Å². The summed E-state index contributed by atoms with van der Waals surface area (Å²) in [5.41, 5.74) is 1.90. The maximum atomic E-state index is 11.8. The van der Waals surface area contributed by atoms with Gasteiger partial charge in [0.15, 0.2) is 0 Å². The fraction of sp³-hybridized carbons (Fsp3) is 0.222. The van der Waals surface area contributed by atoms with E-state index in [-0.39, 0.29) is 12.3 Å². The Kier molecular flexibility index (Phi) is 7.57. The Hall–Kier alpha value is -1.95. The number of aromatic amines is 1. The Morgan fingerprint density at radius 3 is 2.62 bits per heavy atom. The number of amides is 1. The molecule has 0 spiro atoms. The van der Waals surface area contributed by atoms with E-state index >= 15 is 0 Å². The zero-order valence-electron chi connectivity index (χ0n) is 13.7. The Labute approximate surface area is 166 Å². The van der Waals surface area contributed by atoms with Crippen molar-refractivity contribution in [2.75, 3.05) is 6.54 Å². The number of hydrogen-bond acceptors (Lipinski definition) is 3. The Bertz CT molecular complexity index is 767. The average Bonchev–Trinajstić information content (AvgIpc) is 3.08. The first-order valence-electron chi connectivity index (χ1n) is 7.77. The number of rotatable bonds is 7. The number of carbonyl (C=O) groups is 2. The van der Waals surface area contributed by atoms with Crippen LogP contribution in [0.5, 0.6) is 0 Å². The highest BCUT2D eigenvalue weighted by molar-refractivity contribution is 6.77. The molecule has 2 rings (SSSR count). The maximum Gasteiger partial charge on any atom is 0.407 e. The number of carbonyl (C=O) groups excluding carboxylic acids is 2. The normalized spacial score (nSPS) is 11.5. The standard InChI is InChI=1S/C18H17Cl3N2O3/c19-18(20,21)16(24)15-10-14(11-23-15)8-4-5-9-22-17(25)26-12-13-6-2-1-3-7-13/h1-4,6-8,10-11,23H,5,9,12H2,(H,22,25). The van der Waals surface area contributed by atoms with Gasteiger partial charge in [-0.05, 0) is 23.6 Å². The van der Waals surface area contributed by atoms with Crippen LogP contribution in [0.1, 0.15) is 28.0 Å². The smallest absolute Gasteiger partial charge is 0.407 e. The molecule has 0 aliphatic heterocycles. The summed E-state index contributed by atoms with van der Waals surface area (Å²) < 4.78 is 3.11. The summed E-state index contributed by atoms with van der Waals surface area (Å²) in [5, 5.41) is 2.66. The molecule has 138 valence electrons. The number of alkyl halides is 3. The first-order chi connectivity index (χ1) is 12.4. The van der Waals surface area contributed by atoms with Gasteiger partial charge in [-0.2, -0.15) is 0 Å². The van der Waals surface area contributed by atoms with Crippen molar-refractivity contribution in [3.63, 3.8) is 0 Å². The Morgan fingerprint density at radius 1 is 1.19 bits per heavy atom. The van der Waals surface area contributed by atoms with Crippen molar-refractivity contribution in [1.29, 1.82) is 0 Å². The predicted octanol–water partition coefficient (Wildman–Crippen LogP) is 4.90. The molecular weight excluding hydrogens is 399 g/mol. The van der Waals surface area contributed by atoms with Gasteiger partial charge in [-0.15, -0.1) is 0 Å². The van der Waals surface area contributed by atoms with E-state index in [1.54, 1.807) is 18.3 Å². The molecule has 0 aliphatic rings. The summed E-state index contributed by atoms with van der Waals surface area (Å²) in [4.78, 5) is 26.1. The molecule has 5 nitrogen and oxygen atoms in total. The minimum absolute atomic E-state index is 0.215. The fourth-order valence-electron chi connectivity index (χ4n) is 2.04. The number of nitrogens with one attached hydrogen (secondary N) is 2. The van der Waals surface area contributed by atoms with Crippen LogP contribution < -0.4 is 5.32 Å². The molecule has 1 heterocycles. The summed E-state index contributed by atoms with van der Waals surface area (Å²) in [6.45, 7) is 0.653. The predicted molar refractivity (Wildman–Crippen MR) is 104 cm³/mol. The summed E-state index contributed by atoms with van der Waals surface area (Å²) in [6, 6.07) is 11.0. The van der Waals surface area contributed by atoms with Gasteiger partial charge >= 0.3 is 6.09 Å². The van der Waals surface area contributed by atoms with Gasteiger partial charge in [0.1, 0.15) is 6.61 Å². The molecule has 0 radical (unpaired) electrons. The number of hydrogen-bond donors (Lipinski definition) is 2. The monoisotopic (exact) mass is 414 g/mol. The molecule has 0 bridgehead atoms. The molecule has 26 heavy (non-hydrogen) atoms. The van der Waals surface area contributed by atoms with Crippen LogP contribution in [0.3, 0.4) is 0 Å². The van der Waals surface area contributed by atoms with Crippen LogP contribution in [0.2, 0.25) is 0 Å². The number of benzene rings is 1. The zero-order chi connectivity index (χ0) is 19.0. The van der Waals surface area contributed by atoms with Gasteiger partial charge in [-0.25, -0.2) is 4.79 Å². The van der Waals surface area contributed by atoms with Crippen molar-refractivity contribution in [3.05, 3.63) is 65.5 Å². The van der Waals surface area contributed by atoms with Gasteiger partial charge in [0.05, 0.1) is 5.69 Å². The number of halogens is 3. The summed E-state index contributed by atoms with van der Waals surface area (Å²) in [5.74, 6) is -0.620. The van der Waals surface area contributed by atoms with E-state index in [1.165, 1.54) is 0 Å². The molecule has 8 heteroatoms. The molecule has 0 aliphatic carbocycles. The van der Waals surface area contributed by atoms with E-state index in [2.05, 4.69) is 10.3 Å². The third-order valence-electron chi connectivity index (χ3n) is 3.31. The molecule has 0 saturated heterocycles. The van der Waals surface area contributed by atoms with Gasteiger partial charge in [0, 0.05) is 12.7 Å². The lowest BCUT2D eigenvalue weighted by atomic mass is 10.2. The number of aromatic nitrogens is 1. The summed E-state index contributed by atoms with van der Waals surface area (Å²) in [6.07, 6.45) is 5.40. The van der Waals surface area contributed by atoms with Gasteiger partial charge in [-0.3, -0.25) is 4.79 Å². The molecule has 2 N–H and O–H groups in total. The molecule has 1 aromatic carbocycles. The van der Waals surface area contributed by atoms with E-state index in [0.717, 1.165) is 11.1 Å². The lowest BCUT2D eigenvalue weighted by molar-refractivity contribution is 0.0992. The molecule has 1 amide bonds. The highest BCUT2D eigenvalue weighted by atomic mass is 35.6. The lowest BCUT2D eigenvalue weighted by Crippen LogP contribution is -2.24. The van der Waals surface area contributed by atoms with Crippen molar-refractivity contribution in [1.82, 2.24) is 10.3 Å². The number of H-pyrrole nitrogens is 1. The third-order valence-corrected chi connectivity index (χ3v) is 3.83. The van der Waals surface area contributed by atoms with E-state index in [0.29, 0.717) is 13.0 Å². The van der Waals surface area contributed by atoms with Gasteiger partial charge < -0.3 is 15.0 Å². The summed E-state index contributed by atoms with van der Waals surface area (Å²) >= 11 is 16.7. The molecular formula is C18H17Cl3N2O3. The molecule has 2 aromatic rings. The third kappa shape index (κ3) is 6.75. The Balaban J connectivity index is 1.69. The first-order valence-corrected chi connectivity index (χ1v) is 8.90. The van der Waals surface area contributed by atoms with Crippen LogP contribution in [0.25, 0.3) is 6.08 Å². The van der Waals surface area contributed by atoms with Crippen LogP contribution in [0, 0.1) is 0 Å². The quantitative estimate of drug-likeness (QED) is 0.384. The average molecular weight is 416 g/mol. The fourth-order valence-corrected chi connectivity index (χ4v) is 2.35. The second-order valence-electron chi connectivity index (χ2n) is 5.35. The topological polar surface area (TPSA) is 71.2 Å². The van der Waals surface area contributed by atoms with Gasteiger partial charge in [0.25, 0.3) is 3.79 Å². The zero-order valence-corrected chi connectivity index (χ0v) is 15.9. The molecule has 0 unspecified atom stereocenters. The van der Waals surface area contributed by atoms with E-state index in [4.69, 9.17) is 39.5 Å².